The molecule has 0 aliphatic rings. The first-order valence-electron chi connectivity index (χ1n) is 12.1. The van der Waals surface area contributed by atoms with Crippen LogP contribution in [0, 0.1) is 0 Å². The second-order valence-electron chi connectivity index (χ2n) is 8.75. The third-order valence-electron chi connectivity index (χ3n) is 6.22. The first kappa shape index (κ1) is 26.1. The highest BCUT2D eigenvalue weighted by atomic mass is 79.9. The van der Waals surface area contributed by atoms with Gasteiger partial charge in [-0.25, -0.2) is 0 Å². The molecule has 0 aliphatic heterocycles. The van der Waals surface area contributed by atoms with Gasteiger partial charge in [0.1, 0.15) is 22.9 Å². The zero-order chi connectivity index (χ0) is 26.5. The van der Waals surface area contributed by atoms with Crippen LogP contribution in [0.2, 0.25) is 0 Å². The van der Waals surface area contributed by atoms with Crippen molar-refractivity contribution in [2.45, 2.75) is 25.9 Å². The van der Waals surface area contributed by atoms with E-state index in [2.05, 4.69) is 82.8 Å². The summed E-state index contributed by atoms with van der Waals surface area (Å²) < 4.78 is 16.2. The van der Waals surface area contributed by atoms with E-state index in [1.807, 2.05) is 52.1 Å². The van der Waals surface area contributed by atoms with Gasteiger partial charge in [0.2, 0.25) is 0 Å². The van der Waals surface area contributed by atoms with E-state index in [0.717, 1.165) is 68.9 Å². The van der Waals surface area contributed by atoms with Crippen LogP contribution in [0.15, 0.2) is 82.0 Å². The molecular formula is C28H26Br2N6O2. The van der Waals surface area contributed by atoms with Crippen LogP contribution < -0.4 is 9.47 Å². The minimum atomic E-state index is 0.727. The SMILES string of the molecule is COc1ccc(CCn2cc(-c3cccc(-c4cn(CCc5ccc(OC)c(Br)c5)nn4)c3)nn2)cc1Br. The highest BCUT2D eigenvalue weighted by Crippen LogP contribution is 2.27. The lowest BCUT2D eigenvalue weighted by Crippen LogP contribution is -2.02. The lowest BCUT2D eigenvalue weighted by molar-refractivity contribution is 0.412. The Kier molecular flexibility index (Phi) is 8.19. The van der Waals surface area contributed by atoms with Crippen molar-refractivity contribution in [3.8, 4) is 34.0 Å². The fourth-order valence-corrected chi connectivity index (χ4v) is 5.31. The van der Waals surface area contributed by atoms with E-state index >= 15 is 0 Å². The van der Waals surface area contributed by atoms with Gasteiger partial charge in [0, 0.05) is 24.2 Å². The van der Waals surface area contributed by atoms with Gasteiger partial charge in [-0.05, 0) is 86.2 Å². The third-order valence-corrected chi connectivity index (χ3v) is 7.46. The van der Waals surface area contributed by atoms with E-state index in [1.54, 1.807) is 14.2 Å². The Morgan fingerprint density at radius 3 is 1.55 bits per heavy atom. The molecule has 0 radical (unpaired) electrons. The predicted molar refractivity (Wildman–Crippen MR) is 153 cm³/mol. The molecule has 5 aromatic rings. The highest BCUT2D eigenvalue weighted by Gasteiger charge is 2.10. The molecule has 0 unspecified atom stereocenters. The Labute approximate surface area is 237 Å². The van der Waals surface area contributed by atoms with Crippen LogP contribution in [0.5, 0.6) is 11.5 Å². The lowest BCUT2D eigenvalue weighted by atomic mass is 10.1. The Bertz CT molecular complexity index is 1440. The summed E-state index contributed by atoms with van der Waals surface area (Å²) in [4.78, 5) is 0. The van der Waals surface area contributed by atoms with Crippen molar-refractivity contribution < 1.29 is 9.47 Å². The smallest absolute Gasteiger partial charge is 0.133 e. The highest BCUT2D eigenvalue weighted by molar-refractivity contribution is 9.10. The zero-order valence-corrected chi connectivity index (χ0v) is 24.2. The van der Waals surface area contributed by atoms with Gasteiger partial charge in [0.15, 0.2) is 0 Å². The van der Waals surface area contributed by atoms with Crippen LogP contribution in [-0.2, 0) is 25.9 Å². The Hall–Kier alpha value is -3.50. The van der Waals surface area contributed by atoms with Crippen molar-refractivity contribution in [2.75, 3.05) is 14.2 Å². The van der Waals surface area contributed by atoms with E-state index in [1.165, 1.54) is 11.1 Å². The molecule has 0 aliphatic carbocycles. The number of hydrogen-bond acceptors (Lipinski definition) is 6. The van der Waals surface area contributed by atoms with Crippen LogP contribution in [0.1, 0.15) is 11.1 Å². The molecule has 3 aromatic carbocycles. The predicted octanol–water partition coefficient (Wildman–Crippen LogP) is 6.23. The number of aromatic nitrogens is 6. The van der Waals surface area contributed by atoms with E-state index in [9.17, 15) is 0 Å². The molecule has 2 heterocycles. The first-order valence-corrected chi connectivity index (χ1v) is 13.7. The number of aryl methyl sites for hydroxylation is 4. The molecule has 8 nitrogen and oxygen atoms in total. The summed E-state index contributed by atoms with van der Waals surface area (Å²) in [5.74, 6) is 1.64. The van der Waals surface area contributed by atoms with Crippen molar-refractivity contribution in [3.63, 3.8) is 0 Å². The van der Waals surface area contributed by atoms with Crippen LogP contribution in [0.4, 0.5) is 0 Å². The molecule has 38 heavy (non-hydrogen) atoms. The molecule has 5 rings (SSSR count). The van der Waals surface area contributed by atoms with Gasteiger partial charge in [-0.3, -0.25) is 9.36 Å². The van der Waals surface area contributed by atoms with Crippen molar-refractivity contribution in [3.05, 3.63) is 93.1 Å². The summed E-state index contributed by atoms with van der Waals surface area (Å²) in [6.07, 6.45) is 5.62. The minimum absolute atomic E-state index is 0.727. The summed E-state index contributed by atoms with van der Waals surface area (Å²) in [5, 5.41) is 17.4. The maximum atomic E-state index is 5.31. The average molecular weight is 638 g/mol. The molecule has 0 saturated carbocycles. The van der Waals surface area contributed by atoms with Crippen molar-refractivity contribution >= 4 is 31.9 Å². The van der Waals surface area contributed by atoms with Gasteiger partial charge < -0.3 is 9.47 Å². The Balaban J connectivity index is 1.23. The summed E-state index contributed by atoms with van der Waals surface area (Å²) in [6, 6.07) is 20.3. The van der Waals surface area contributed by atoms with Crippen LogP contribution >= 0.6 is 31.9 Å². The minimum Gasteiger partial charge on any atom is -0.496 e. The molecule has 0 N–H and O–H groups in total. The number of ether oxygens (including phenoxy) is 2. The number of nitrogens with zero attached hydrogens (tertiary/aromatic N) is 6. The molecular weight excluding hydrogens is 612 g/mol. The molecule has 0 fully saturated rings. The normalized spacial score (nSPS) is 11.1. The summed E-state index contributed by atoms with van der Waals surface area (Å²) in [6.45, 7) is 1.45. The second kappa shape index (κ2) is 11.9. The first-order chi connectivity index (χ1) is 18.5. The maximum absolute atomic E-state index is 5.31. The maximum Gasteiger partial charge on any atom is 0.133 e. The molecule has 2 aromatic heterocycles. The van der Waals surface area contributed by atoms with Crippen LogP contribution in [-0.4, -0.2) is 44.2 Å². The van der Waals surface area contributed by atoms with Gasteiger partial charge in [-0.2, -0.15) is 0 Å². The fourth-order valence-electron chi connectivity index (χ4n) is 4.14. The van der Waals surface area contributed by atoms with Crippen molar-refractivity contribution in [1.29, 1.82) is 0 Å². The molecule has 0 saturated heterocycles. The molecule has 10 heteroatoms. The monoisotopic (exact) mass is 636 g/mol. The fraction of sp³-hybridized carbons (Fsp3) is 0.214. The summed E-state index contributed by atoms with van der Waals surface area (Å²) in [5.41, 5.74) is 6.00. The summed E-state index contributed by atoms with van der Waals surface area (Å²) >= 11 is 7.09. The van der Waals surface area contributed by atoms with E-state index in [4.69, 9.17) is 9.47 Å². The van der Waals surface area contributed by atoms with Crippen LogP contribution in [0.3, 0.4) is 0 Å². The number of benzene rings is 3. The van der Waals surface area contributed by atoms with Gasteiger partial charge in [0.25, 0.3) is 0 Å². The standard InChI is InChI=1S/C28H26Br2N6O2/c1-37-27-8-6-19(14-23(27)29)10-12-35-17-25(31-33-35)21-4-3-5-22(16-21)26-18-36(34-32-26)13-11-20-7-9-28(38-2)24(30)15-20/h3-9,14-18H,10-13H2,1-2H3. The molecule has 0 amide bonds. The molecule has 0 atom stereocenters. The van der Waals surface area contributed by atoms with E-state index in [0.29, 0.717) is 0 Å². The van der Waals surface area contributed by atoms with Gasteiger partial charge >= 0.3 is 0 Å². The quantitative estimate of drug-likeness (QED) is 0.181. The number of rotatable bonds is 10. The van der Waals surface area contributed by atoms with Crippen molar-refractivity contribution in [1.82, 2.24) is 30.0 Å². The Morgan fingerprint density at radius 2 is 1.13 bits per heavy atom. The summed E-state index contributed by atoms with van der Waals surface area (Å²) in [7, 11) is 3.33. The third kappa shape index (κ3) is 6.14. The van der Waals surface area contributed by atoms with E-state index < -0.39 is 0 Å². The second-order valence-corrected chi connectivity index (χ2v) is 10.5. The number of hydrogen-bond donors (Lipinski definition) is 0. The number of halogens is 2. The van der Waals surface area contributed by atoms with Gasteiger partial charge in [-0.15, -0.1) is 10.2 Å². The molecule has 194 valence electrons. The van der Waals surface area contributed by atoms with Crippen LogP contribution in [0.25, 0.3) is 22.5 Å². The molecule has 0 spiro atoms. The van der Waals surface area contributed by atoms with Gasteiger partial charge in [-0.1, -0.05) is 40.8 Å². The largest absolute Gasteiger partial charge is 0.496 e. The zero-order valence-electron chi connectivity index (χ0n) is 21.0. The lowest BCUT2D eigenvalue weighted by Gasteiger charge is -2.06. The average Bonchev–Trinajstić information content (AvgIpc) is 3.61. The van der Waals surface area contributed by atoms with Gasteiger partial charge in [0.05, 0.1) is 35.6 Å². The number of methoxy groups -OCH3 is 2. The van der Waals surface area contributed by atoms with Crippen molar-refractivity contribution in [2.24, 2.45) is 0 Å². The molecule has 0 bridgehead atoms. The topological polar surface area (TPSA) is 79.9 Å². The Morgan fingerprint density at radius 1 is 0.658 bits per heavy atom. The van der Waals surface area contributed by atoms with E-state index in [-0.39, 0.29) is 0 Å².